The highest BCUT2D eigenvalue weighted by atomic mass is 32.2. The quantitative estimate of drug-likeness (QED) is 0.344. The van der Waals surface area contributed by atoms with Gasteiger partial charge in [0.2, 0.25) is 5.91 Å². The molecule has 2 amide bonds. The van der Waals surface area contributed by atoms with E-state index in [-0.39, 0.29) is 35.7 Å². The predicted molar refractivity (Wildman–Crippen MR) is 142 cm³/mol. The van der Waals surface area contributed by atoms with Gasteiger partial charge in [-0.15, -0.1) is 11.8 Å². The van der Waals surface area contributed by atoms with Crippen molar-refractivity contribution in [3.8, 4) is 11.3 Å². The zero-order valence-corrected chi connectivity index (χ0v) is 22.0. The van der Waals surface area contributed by atoms with Crippen LogP contribution >= 0.6 is 11.8 Å². The second-order valence-electron chi connectivity index (χ2n) is 8.72. The van der Waals surface area contributed by atoms with Gasteiger partial charge in [0.25, 0.3) is 5.91 Å². The summed E-state index contributed by atoms with van der Waals surface area (Å²) in [5.74, 6) is -0.256. The van der Waals surface area contributed by atoms with Gasteiger partial charge in [-0.2, -0.15) is 0 Å². The van der Waals surface area contributed by atoms with Gasteiger partial charge >= 0.3 is 5.97 Å². The van der Waals surface area contributed by atoms with Gasteiger partial charge in [-0.3, -0.25) is 9.59 Å². The summed E-state index contributed by atoms with van der Waals surface area (Å²) < 4.78 is 5.30. The van der Waals surface area contributed by atoms with Gasteiger partial charge in [-0.05, 0) is 32.9 Å². The minimum absolute atomic E-state index is 0.0245. The molecule has 1 fully saturated rings. The molecular formula is C28H30N4O4S. The lowest BCUT2D eigenvalue weighted by Gasteiger charge is -2.40. The highest BCUT2D eigenvalue weighted by Gasteiger charge is 2.34. The third-order valence-corrected chi connectivity index (χ3v) is 7.09. The zero-order valence-electron chi connectivity index (χ0n) is 21.2. The molecule has 4 rings (SSSR count). The van der Waals surface area contributed by atoms with E-state index < -0.39 is 5.97 Å². The Morgan fingerprint density at radius 2 is 1.68 bits per heavy atom. The largest absolute Gasteiger partial charge is 0.462 e. The summed E-state index contributed by atoms with van der Waals surface area (Å²) in [6.45, 7) is 6.59. The molecular weight excluding hydrogens is 488 g/mol. The summed E-state index contributed by atoms with van der Waals surface area (Å²) >= 11 is 1.50. The van der Waals surface area contributed by atoms with E-state index in [9.17, 15) is 14.4 Å². The lowest BCUT2D eigenvalue weighted by Crippen LogP contribution is -2.56. The number of hydrogen-bond acceptors (Lipinski definition) is 7. The van der Waals surface area contributed by atoms with Gasteiger partial charge < -0.3 is 14.5 Å². The molecule has 2 aromatic carbocycles. The number of thioether (sulfide) groups is 1. The van der Waals surface area contributed by atoms with Crippen molar-refractivity contribution in [1.82, 2.24) is 19.8 Å². The van der Waals surface area contributed by atoms with E-state index in [2.05, 4.69) is 9.97 Å². The van der Waals surface area contributed by atoms with E-state index in [1.807, 2.05) is 72.5 Å². The monoisotopic (exact) mass is 518 g/mol. The van der Waals surface area contributed by atoms with Crippen molar-refractivity contribution in [2.45, 2.75) is 31.7 Å². The van der Waals surface area contributed by atoms with Crippen molar-refractivity contribution in [3.63, 3.8) is 0 Å². The van der Waals surface area contributed by atoms with Crippen LogP contribution in [0.2, 0.25) is 0 Å². The van der Waals surface area contributed by atoms with Crippen molar-refractivity contribution in [1.29, 1.82) is 0 Å². The number of aryl methyl sites for hydroxylation is 1. The molecule has 8 nitrogen and oxygen atoms in total. The maximum Gasteiger partial charge on any atom is 0.342 e. The Balaban J connectivity index is 1.54. The smallest absolute Gasteiger partial charge is 0.342 e. The number of rotatable bonds is 7. The first kappa shape index (κ1) is 26.3. The van der Waals surface area contributed by atoms with Crippen LogP contribution in [0, 0.1) is 6.92 Å². The summed E-state index contributed by atoms with van der Waals surface area (Å²) in [7, 11) is 0. The number of benzene rings is 2. The van der Waals surface area contributed by atoms with Gasteiger partial charge in [-0.25, -0.2) is 14.8 Å². The Labute approximate surface area is 221 Å². The van der Waals surface area contributed by atoms with Crippen molar-refractivity contribution in [2.24, 2.45) is 0 Å². The van der Waals surface area contributed by atoms with Crippen molar-refractivity contribution < 1.29 is 19.1 Å². The third-order valence-electron chi connectivity index (χ3n) is 6.09. The molecule has 3 aromatic rings. The first-order valence-electron chi connectivity index (χ1n) is 12.3. The first-order valence-corrected chi connectivity index (χ1v) is 13.2. The average molecular weight is 519 g/mol. The van der Waals surface area contributed by atoms with Crippen molar-refractivity contribution in [3.05, 3.63) is 77.7 Å². The zero-order chi connectivity index (χ0) is 26.4. The number of carbonyl (C=O) groups excluding carboxylic acids is 3. The Bertz CT molecular complexity index is 1270. The Hall–Kier alpha value is -3.72. The minimum Gasteiger partial charge on any atom is -0.462 e. The molecule has 1 atom stereocenters. The number of esters is 1. The predicted octanol–water partition coefficient (Wildman–Crippen LogP) is 4.09. The number of nitrogens with zero attached hydrogens (tertiary/aromatic N) is 4. The fourth-order valence-corrected chi connectivity index (χ4v) is 5.14. The highest BCUT2D eigenvalue weighted by molar-refractivity contribution is 8.00. The number of amides is 2. The first-order chi connectivity index (χ1) is 17.9. The van der Waals surface area contributed by atoms with Gasteiger partial charge in [0.15, 0.2) is 0 Å². The van der Waals surface area contributed by atoms with Crippen LogP contribution in [0.1, 0.15) is 40.5 Å². The van der Waals surface area contributed by atoms with Crippen LogP contribution < -0.4 is 0 Å². The van der Waals surface area contributed by atoms with Crippen LogP contribution in [0.15, 0.2) is 65.6 Å². The van der Waals surface area contributed by atoms with Gasteiger partial charge in [0.05, 0.1) is 18.1 Å². The number of aromatic nitrogens is 2. The SMILES string of the molecule is CCOC(=O)c1c(C(=O)N2CCN(C(=O)CSc3ccccc3)C(C)C2)nc(C)nc1-c1ccccc1. The molecule has 1 saturated heterocycles. The van der Waals surface area contributed by atoms with Crippen LogP contribution in [0.4, 0.5) is 0 Å². The molecule has 2 heterocycles. The molecule has 0 aliphatic carbocycles. The van der Waals surface area contributed by atoms with Crippen LogP contribution in [0.3, 0.4) is 0 Å². The average Bonchev–Trinajstić information content (AvgIpc) is 2.92. The van der Waals surface area contributed by atoms with E-state index >= 15 is 0 Å². The highest BCUT2D eigenvalue weighted by Crippen LogP contribution is 2.27. The Morgan fingerprint density at radius 3 is 2.32 bits per heavy atom. The standard InChI is InChI=1S/C28H30N4O4S/c1-4-36-28(35)24-25(21-11-7-5-8-12-21)29-20(3)30-26(24)27(34)31-15-16-32(19(2)17-31)23(33)18-37-22-13-9-6-10-14-22/h5-14,19H,4,15-18H2,1-3H3. The Kier molecular flexibility index (Phi) is 8.55. The number of ether oxygens (including phenoxy) is 1. The van der Waals surface area contributed by atoms with E-state index in [4.69, 9.17) is 4.74 Å². The molecule has 1 unspecified atom stereocenters. The van der Waals surface area contributed by atoms with E-state index in [0.717, 1.165) is 4.90 Å². The van der Waals surface area contributed by atoms with Gasteiger partial charge in [-0.1, -0.05) is 48.5 Å². The molecule has 1 aliphatic rings. The summed E-state index contributed by atoms with van der Waals surface area (Å²) in [5, 5.41) is 0. The fourth-order valence-electron chi connectivity index (χ4n) is 4.34. The summed E-state index contributed by atoms with van der Waals surface area (Å²) in [6.07, 6.45) is 0. The molecule has 0 bridgehead atoms. The molecule has 0 saturated carbocycles. The fraction of sp³-hybridized carbons (Fsp3) is 0.321. The second kappa shape index (κ2) is 12.0. The summed E-state index contributed by atoms with van der Waals surface area (Å²) in [6, 6.07) is 18.8. The molecule has 1 aliphatic heterocycles. The lowest BCUT2D eigenvalue weighted by molar-refractivity contribution is -0.132. The van der Waals surface area contributed by atoms with E-state index in [1.165, 1.54) is 11.8 Å². The normalized spacial score (nSPS) is 15.4. The molecule has 192 valence electrons. The molecule has 0 radical (unpaired) electrons. The lowest BCUT2D eigenvalue weighted by atomic mass is 10.0. The van der Waals surface area contributed by atoms with Gasteiger partial charge in [0.1, 0.15) is 17.1 Å². The molecule has 1 aromatic heterocycles. The molecule has 0 spiro atoms. The summed E-state index contributed by atoms with van der Waals surface area (Å²) in [5.41, 5.74) is 1.16. The maximum atomic E-state index is 13.7. The molecule has 0 N–H and O–H groups in total. The number of hydrogen-bond donors (Lipinski definition) is 0. The second-order valence-corrected chi connectivity index (χ2v) is 9.77. The number of carbonyl (C=O) groups is 3. The van der Waals surface area contributed by atoms with Gasteiger partial charge in [0, 0.05) is 36.1 Å². The molecule has 37 heavy (non-hydrogen) atoms. The Morgan fingerprint density at radius 1 is 1.00 bits per heavy atom. The minimum atomic E-state index is -0.635. The topological polar surface area (TPSA) is 92.7 Å². The van der Waals surface area contributed by atoms with Crippen LogP contribution in [-0.2, 0) is 9.53 Å². The number of piperazine rings is 1. The van der Waals surface area contributed by atoms with Crippen molar-refractivity contribution in [2.75, 3.05) is 32.0 Å². The van der Waals surface area contributed by atoms with E-state index in [0.29, 0.717) is 42.5 Å². The van der Waals surface area contributed by atoms with Crippen LogP contribution in [-0.4, -0.2) is 75.6 Å². The van der Waals surface area contributed by atoms with E-state index in [1.54, 1.807) is 18.7 Å². The third kappa shape index (κ3) is 6.17. The van der Waals surface area contributed by atoms with Crippen molar-refractivity contribution >= 4 is 29.5 Å². The van der Waals surface area contributed by atoms with Crippen LogP contribution in [0.25, 0.3) is 11.3 Å². The maximum absolute atomic E-state index is 13.7. The summed E-state index contributed by atoms with van der Waals surface area (Å²) in [4.78, 5) is 53.0. The van der Waals surface area contributed by atoms with Crippen LogP contribution in [0.5, 0.6) is 0 Å². The molecule has 9 heteroatoms.